The highest BCUT2D eigenvalue weighted by molar-refractivity contribution is 5.91. The van der Waals surface area contributed by atoms with E-state index in [2.05, 4.69) is 22.5 Å². The molecule has 0 unspecified atom stereocenters. The Morgan fingerprint density at radius 3 is 2.96 bits per heavy atom. The second-order valence-electron chi connectivity index (χ2n) is 6.33. The van der Waals surface area contributed by atoms with E-state index in [0.717, 1.165) is 38.5 Å². The van der Waals surface area contributed by atoms with Crippen LogP contribution in [0.5, 0.6) is 0 Å². The van der Waals surface area contributed by atoms with Gasteiger partial charge in [-0.25, -0.2) is 4.68 Å². The number of hydrogen-bond acceptors (Lipinski definition) is 4. The van der Waals surface area contributed by atoms with E-state index in [1.54, 1.807) is 6.20 Å². The fourth-order valence-corrected chi connectivity index (χ4v) is 2.93. The Kier molecular flexibility index (Phi) is 5.61. The van der Waals surface area contributed by atoms with Gasteiger partial charge in [-0.1, -0.05) is 30.3 Å². The van der Waals surface area contributed by atoms with Crippen molar-refractivity contribution >= 4 is 11.7 Å². The number of ether oxygens (including phenoxy) is 1. The van der Waals surface area contributed by atoms with Crippen LogP contribution < -0.4 is 5.32 Å². The number of anilines is 1. The molecule has 1 atom stereocenters. The number of likely N-dealkylation sites (N-methyl/N-ethyl adjacent to an activating group) is 1. The van der Waals surface area contributed by atoms with Crippen LogP contribution in [0.3, 0.4) is 0 Å². The van der Waals surface area contributed by atoms with Crippen molar-refractivity contribution in [1.82, 2.24) is 14.7 Å². The summed E-state index contributed by atoms with van der Waals surface area (Å²) < 4.78 is 7.26. The number of rotatable bonds is 7. The minimum atomic E-state index is -0.0298. The van der Waals surface area contributed by atoms with Crippen LogP contribution in [0.25, 0.3) is 0 Å². The van der Waals surface area contributed by atoms with Crippen LogP contribution in [0.1, 0.15) is 12.0 Å². The smallest absolute Gasteiger partial charge is 0.239 e. The van der Waals surface area contributed by atoms with E-state index in [4.69, 9.17) is 4.74 Å². The molecule has 1 N–H and O–H groups in total. The van der Waals surface area contributed by atoms with Gasteiger partial charge in [0.05, 0.1) is 19.3 Å². The van der Waals surface area contributed by atoms with Crippen molar-refractivity contribution in [3.63, 3.8) is 0 Å². The SMILES string of the molecule is CN(CC(=O)Nc1ccnn1C[C@@H]1CCOC1)Cc1ccccc1. The molecule has 1 fully saturated rings. The van der Waals surface area contributed by atoms with Crippen LogP contribution >= 0.6 is 0 Å². The molecule has 1 aromatic carbocycles. The van der Waals surface area contributed by atoms with Gasteiger partial charge in [-0.3, -0.25) is 9.69 Å². The number of benzene rings is 1. The lowest BCUT2D eigenvalue weighted by atomic mass is 10.1. The molecule has 0 saturated carbocycles. The van der Waals surface area contributed by atoms with E-state index in [9.17, 15) is 4.79 Å². The van der Waals surface area contributed by atoms with E-state index in [0.29, 0.717) is 12.5 Å². The number of hydrogen-bond donors (Lipinski definition) is 1. The largest absolute Gasteiger partial charge is 0.381 e. The molecule has 128 valence electrons. The van der Waals surface area contributed by atoms with Gasteiger partial charge in [0.2, 0.25) is 5.91 Å². The number of nitrogens with one attached hydrogen (secondary N) is 1. The number of nitrogens with zero attached hydrogens (tertiary/aromatic N) is 3. The Hall–Kier alpha value is -2.18. The van der Waals surface area contributed by atoms with Crippen LogP contribution in [-0.2, 0) is 22.6 Å². The molecule has 1 aliphatic rings. The second kappa shape index (κ2) is 8.08. The van der Waals surface area contributed by atoms with Crippen LogP contribution in [0.4, 0.5) is 5.82 Å². The quantitative estimate of drug-likeness (QED) is 0.844. The van der Waals surface area contributed by atoms with Gasteiger partial charge < -0.3 is 10.1 Å². The van der Waals surface area contributed by atoms with Crippen molar-refractivity contribution in [2.45, 2.75) is 19.5 Å². The molecule has 24 heavy (non-hydrogen) atoms. The lowest BCUT2D eigenvalue weighted by Crippen LogP contribution is -2.30. The zero-order chi connectivity index (χ0) is 16.8. The molecule has 1 aromatic heterocycles. The molecule has 3 rings (SSSR count). The highest BCUT2D eigenvalue weighted by Gasteiger charge is 2.18. The molecule has 1 aliphatic heterocycles. The molecule has 6 nitrogen and oxygen atoms in total. The average Bonchev–Trinajstić information content (AvgIpc) is 3.21. The first-order valence-electron chi connectivity index (χ1n) is 8.32. The maximum absolute atomic E-state index is 12.3. The minimum Gasteiger partial charge on any atom is -0.381 e. The molecule has 0 spiro atoms. The molecular formula is C18H24N4O2. The highest BCUT2D eigenvalue weighted by Crippen LogP contribution is 2.17. The van der Waals surface area contributed by atoms with Gasteiger partial charge in [-0.05, 0) is 19.0 Å². The fraction of sp³-hybridized carbons (Fsp3) is 0.444. The first-order valence-corrected chi connectivity index (χ1v) is 8.32. The van der Waals surface area contributed by atoms with Crippen molar-refractivity contribution in [2.75, 3.05) is 32.1 Å². The molecule has 0 radical (unpaired) electrons. The molecule has 1 saturated heterocycles. The molecule has 2 heterocycles. The number of carbonyl (C=O) groups is 1. The van der Waals surface area contributed by atoms with E-state index in [1.807, 2.05) is 40.9 Å². The zero-order valence-corrected chi connectivity index (χ0v) is 14.0. The number of aromatic nitrogens is 2. The molecule has 6 heteroatoms. The Bertz CT molecular complexity index is 650. The minimum absolute atomic E-state index is 0.0298. The summed E-state index contributed by atoms with van der Waals surface area (Å²) in [5, 5.41) is 7.27. The third-order valence-corrected chi connectivity index (χ3v) is 4.15. The summed E-state index contributed by atoms with van der Waals surface area (Å²) in [6.07, 6.45) is 2.77. The van der Waals surface area contributed by atoms with Crippen molar-refractivity contribution in [1.29, 1.82) is 0 Å². The first kappa shape index (κ1) is 16.7. The predicted molar refractivity (Wildman–Crippen MR) is 92.6 cm³/mol. The normalized spacial score (nSPS) is 17.3. The Morgan fingerprint density at radius 1 is 1.38 bits per heavy atom. The van der Waals surface area contributed by atoms with Crippen molar-refractivity contribution in [2.24, 2.45) is 5.92 Å². The lowest BCUT2D eigenvalue weighted by Gasteiger charge is -2.17. The van der Waals surface area contributed by atoms with Gasteiger partial charge in [0.15, 0.2) is 0 Å². The van der Waals surface area contributed by atoms with Crippen molar-refractivity contribution in [3.05, 3.63) is 48.2 Å². The summed E-state index contributed by atoms with van der Waals surface area (Å²) >= 11 is 0. The Balaban J connectivity index is 1.50. The van der Waals surface area contributed by atoms with Gasteiger partial charge >= 0.3 is 0 Å². The second-order valence-corrected chi connectivity index (χ2v) is 6.33. The number of carbonyl (C=O) groups excluding carboxylic acids is 1. The summed E-state index contributed by atoms with van der Waals surface area (Å²) in [6.45, 7) is 3.45. The summed E-state index contributed by atoms with van der Waals surface area (Å²) in [5.41, 5.74) is 1.19. The van der Waals surface area contributed by atoms with Gasteiger partial charge in [-0.15, -0.1) is 0 Å². The first-order chi connectivity index (χ1) is 11.7. The summed E-state index contributed by atoms with van der Waals surface area (Å²) in [5.74, 6) is 1.19. The summed E-state index contributed by atoms with van der Waals surface area (Å²) in [7, 11) is 1.94. The van der Waals surface area contributed by atoms with Gasteiger partial charge in [0.1, 0.15) is 5.82 Å². The van der Waals surface area contributed by atoms with Crippen molar-refractivity contribution in [3.8, 4) is 0 Å². The average molecular weight is 328 g/mol. The van der Waals surface area contributed by atoms with Crippen molar-refractivity contribution < 1.29 is 9.53 Å². The maximum atomic E-state index is 12.3. The van der Waals surface area contributed by atoms with E-state index in [-0.39, 0.29) is 5.91 Å². The number of amides is 1. The topological polar surface area (TPSA) is 59.4 Å². The van der Waals surface area contributed by atoms with Crippen LogP contribution in [-0.4, -0.2) is 47.4 Å². The van der Waals surface area contributed by atoms with E-state index < -0.39 is 0 Å². The van der Waals surface area contributed by atoms with Crippen LogP contribution in [0.15, 0.2) is 42.6 Å². The van der Waals surface area contributed by atoms with Gasteiger partial charge in [0, 0.05) is 31.7 Å². The Morgan fingerprint density at radius 2 is 2.21 bits per heavy atom. The Labute approximate surface area is 142 Å². The zero-order valence-electron chi connectivity index (χ0n) is 14.0. The molecule has 2 aromatic rings. The lowest BCUT2D eigenvalue weighted by molar-refractivity contribution is -0.117. The molecule has 1 amide bonds. The molecular weight excluding hydrogens is 304 g/mol. The third-order valence-electron chi connectivity index (χ3n) is 4.15. The summed E-state index contributed by atoms with van der Waals surface area (Å²) in [6, 6.07) is 12.0. The van der Waals surface area contributed by atoms with E-state index in [1.165, 1.54) is 5.56 Å². The maximum Gasteiger partial charge on any atom is 0.239 e. The van der Waals surface area contributed by atoms with Crippen LogP contribution in [0, 0.1) is 5.92 Å². The fourth-order valence-electron chi connectivity index (χ4n) is 2.93. The molecule has 0 aliphatic carbocycles. The summed E-state index contributed by atoms with van der Waals surface area (Å²) in [4.78, 5) is 14.3. The third kappa shape index (κ3) is 4.66. The highest BCUT2D eigenvalue weighted by atomic mass is 16.5. The van der Waals surface area contributed by atoms with Gasteiger partial charge in [0.25, 0.3) is 0 Å². The molecule has 0 bridgehead atoms. The van der Waals surface area contributed by atoms with E-state index >= 15 is 0 Å². The monoisotopic (exact) mass is 328 g/mol. The van der Waals surface area contributed by atoms with Gasteiger partial charge in [-0.2, -0.15) is 5.10 Å². The predicted octanol–water partition coefficient (Wildman–Crippen LogP) is 1.99. The standard InChI is InChI=1S/C18H24N4O2/c1-21(11-15-5-3-2-4-6-15)13-18(23)20-17-7-9-19-22(17)12-16-8-10-24-14-16/h2-7,9,16H,8,10-14H2,1H3,(H,20,23)/t16-/m0/s1. The van der Waals surface area contributed by atoms with Crippen LogP contribution in [0.2, 0.25) is 0 Å².